The highest BCUT2D eigenvalue weighted by Crippen LogP contribution is 2.09. The first-order chi connectivity index (χ1) is 10.5. The number of amides is 2. The molecule has 22 heavy (non-hydrogen) atoms. The third-order valence-electron chi connectivity index (χ3n) is 2.97. The van der Waals surface area contributed by atoms with E-state index < -0.39 is 11.8 Å². The van der Waals surface area contributed by atoms with Crippen LogP contribution in [0, 0.1) is 6.92 Å². The van der Waals surface area contributed by atoms with Crippen molar-refractivity contribution in [3.63, 3.8) is 0 Å². The molecular weight excluding hydrogens is 282 g/mol. The Bertz CT molecular complexity index is 669. The summed E-state index contributed by atoms with van der Waals surface area (Å²) in [5.41, 5.74) is 1.71. The average Bonchev–Trinajstić information content (AvgIpc) is 2.49. The lowest BCUT2D eigenvalue weighted by Crippen LogP contribution is -2.36. The predicted octanol–water partition coefficient (Wildman–Crippen LogP) is 1.39. The number of aromatic nitrogens is 1. The molecule has 6 heteroatoms. The Labute approximate surface area is 128 Å². The Morgan fingerprint density at radius 3 is 2.50 bits per heavy atom. The lowest BCUT2D eigenvalue weighted by molar-refractivity contribution is -0.136. The summed E-state index contributed by atoms with van der Waals surface area (Å²) in [4.78, 5) is 27.5. The number of phenolic OH excluding ortho intramolecular Hbond substituents is 1. The van der Waals surface area contributed by atoms with E-state index in [4.69, 9.17) is 0 Å². The molecule has 0 atom stereocenters. The molecular formula is C16H17N3O3. The van der Waals surface area contributed by atoms with Gasteiger partial charge in [-0.15, -0.1) is 0 Å². The van der Waals surface area contributed by atoms with Crippen molar-refractivity contribution in [2.24, 2.45) is 0 Å². The summed E-state index contributed by atoms with van der Waals surface area (Å²) >= 11 is 0. The zero-order valence-electron chi connectivity index (χ0n) is 12.2. The summed E-state index contributed by atoms with van der Waals surface area (Å²) in [5.74, 6) is -0.914. The molecule has 1 heterocycles. The second-order valence-corrected chi connectivity index (χ2v) is 4.79. The summed E-state index contributed by atoms with van der Waals surface area (Å²) in [7, 11) is 0. The van der Waals surface area contributed by atoms with Gasteiger partial charge in [-0.05, 0) is 43.2 Å². The number of anilines is 1. The Hall–Kier alpha value is -2.89. The van der Waals surface area contributed by atoms with E-state index in [2.05, 4.69) is 15.6 Å². The molecule has 2 amide bonds. The highest BCUT2D eigenvalue weighted by molar-refractivity contribution is 6.39. The molecule has 114 valence electrons. The van der Waals surface area contributed by atoms with E-state index in [-0.39, 0.29) is 5.75 Å². The van der Waals surface area contributed by atoms with Gasteiger partial charge in [0, 0.05) is 12.2 Å². The zero-order chi connectivity index (χ0) is 15.9. The van der Waals surface area contributed by atoms with Gasteiger partial charge in [0.1, 0.15) is 11.6 Å². The summed E-state index contributed by atoms with van der Waals surface area (Å²) in [5, 5.41) is 14.2. The van der Waals surface area contributed by atoms with Gasteiger partial charge in [0.05, 0.1) is 0 Å². The molecule has 0 aliphatic heterocycles. The number of nitrogens with one attached hydrogen (secondary N) is 2. The number of rotatable bonds is 4. The number of aromatic hydroxyl groups is 1. The zero-order valence-corrected chi connectivity index (χ0v) is 12.2. The molecule has 0 aliphatic carbocycles. The van der Waals surface area contributed by atoms with Gasteiger partial charge >= 0.3 is 11.8 Å². The van der Waals surface area contributed by atoms with E-state index in [1.165, 1.54) is 0 Å². The average molecular weight is 299 g/mol. The number of phenols is 1. The topological polar surface area (TPSA) is 91.3 Å². The van der Waals surface area contributed by atoms with Gasteiger partial charge in [-0.3, -0.25) is 9.59 Å². The minimum Gasteiger partial charge on any atom is -0.508 e. The molecule has 0 bridgehead atoms. The fourth-order valence-corrected chi connectivity index (χ4v) is 1.85. The fraction of sp³-hybridized carbons (Fsp3) is 0.188. The van der Waals surface area contributed by atoms with Crippen LogP contribution in [-0.2, 0) is 16.0 Å². The second kappa shape index (κ2) is 7.21. The molecule has 0 aliphatic rings. The molecule has 6 nitrogen and oxygen atoms in total. The number of carbonyl (C=O) groups excluding carboxylic acids is 2. The lowest BCUT2D eigenvalue weighted by Gasteiger charge is -2.06. The van der Waals surface area contributed by atoms with Crippen LogP contribution >= 0.6 is 0 Å². The van der Waals surface area contributed by atoms with E-state index in [1.54, 1.807) is 49.4 Å². The van der Waals surface area contributed by atoms with Crippen LogP contribution in [0.4, 0.5) is 5.82 Å². The molecule has 1 aromatic heterocycles. The van der Waals surface area contributed by atoms with Crippen LogP contribution in [0.3, 0.4) is 0 Å². The highest BCUT2D eigenvalue weighted by atomic mass is 16.3. The molecule has 0 radical (unpaired) electrons. The van der Waals surface area contributed by atoms with Crippen LogP contribution < -0.4 is 10.6 Å². The molecule has 0 saturated heterocycles. The van der Waals surface area contributed by atoms with Gasteiger partial charge < -0.3 is 15.7 Å². The van der Waals surface area contributed by atoms with Crippen molar-refractivity contribution in [1.82, 2.24) is 10.3 Å². The molecule has 2 rings (SSSR count). The summed E-state index contributed by atoms with van der Waals surface area (Å²) in [6, 6.07) is 11.8. The molecule has 0 saturated carbocycles. The van der Waals surface area contributed by atoms with Gasteiger partial charge in [0.2, 0.25) is 0 Å². The third-order valence-corrected chi connectivity index (χ3v) is 2.97. The van der Waals surface area contributed by atoms with Gasteiger partial charge in [-0.2, -0.15) is 0 Å². The molecule has 0 spiro atoms. The quantitative estimate of drug-likeness (QED) is 0.744. The maximum absolute atomic E-state index is 11.7. The first-order valence-corrected chi connectivity index (χ1v) is 6.85. The Morgan fingerprint density at radius 1 is 1.09 bits per heavy atom. The summed E-state index contributed by atoms with van der Waals surface area (Å²) in [6.07, 6.45) is 0.571. The molecule has 3 N–H and O–H groups in total. The van der Waals surface area contributed by atoms with Crippen LogP contribution in [0.25, 0.3) is 0 Å². The van der Waals surface area contributed by atoms with Crippen molar-refractivity contribution in [3.05, 3.63) is 53.7 Å². The fourth-order valence-electron chi connectivity index (χ4n) is 1.85. The third kappa shape index (κ3) is 4.59. The van der Waals surface area contributed by atoms with Crippen LogP contribution in [0.2, 0.25) is 0 Å². The van der Waals surface area contributed by atoms with Crippen LogP contribution in [-0.4, -0.2) is 28.4 Å². The van der Waals surface area contributed by atoms with Crippen molar-refractivity contribution in [3.8, 4) is 5.75 Å². The Balaban J connectivity index is 1.79. The molecule has 0 unspecified atom stereocenters. The smallest absolute Gasteiger partial charge is 0.314 e. The van der Waals surface area contributed by atoms with E-state index in [1.807, 2.05) is 0 Å². The van der Waals surface area contributed by atoms with Crippen LogP contribution in [0.1, 0.15) is 11.3 Å². The summed E-state index contributed by atoms with van der Waals surface area (Å²) in [6.45, 7) is 2.13. The number of pyridine rings is 1. The van der Waals surface area contributed by atoms with E-state index >= 15 is 0 Å². The second-order valence-electron chi connectivity index (χ2n) is 4.79. The molecule has 1 aromatic carbocycles. The SMILES string of the molecule is Cc1cccc(NC(=O)C(=O)NCCc2ccc(O)cc2)n1. The molecule has 0 fully saturated rings. The standard InChI is InChI=1S/C16H17N3O3/c1-11-3-2-4-14(18-11)19-16(22)15(21)17-10-9-12-5-7-13(20)8-6-12/h2-8,20H,9-10H2,1H3,(H,17,21)(H,18,19,22). The number of hydrogen-bond acceptors (Lipinski definition) is 4. The number of nitrogens with zero attached hydrogens (tertiary/aromatic N) is 1. The first-order valence-electron chi connectivity index (χ1n) is 6.85. The number of benzene rings is 1. The number of aryl methyl sites for hydroxylation is 1. The van der Waals surface area contributed by atoms with E-state index in [0.29, 0.717) is 18.8 Å². The number of carbonyl (C=O) groups is 2. The van der Waals surface area contributed by atoms with Crippen LogP contribution in [0.5, 0.6) is 5.75 Å². The van der Waals surface area contributed by atoms with E-state index in [9.17, 15) is 14.7 Å². The van der Waals surface area contributed by atoms with Crippen molar-refractivity contribution in [2.45, 2.75) is 13.3 Å². The maximum atomic E-state index is 11.7. The normalized spacial score (nSPS) is 10.0. The highest BCUT2D eigenvalue weighted by Gasteiger charge is 2.13. The van der Waals surface area contributed by atoms with Crippen molar-refractivity contribution < 1.29 is 14.7 Å². The maximum Gasteiger partial charge on any atom is 0.314 e. The van der Waals surface area contributed by atoms with Gasteiger partial charge in [-0.1, -0.05) is 18.2 Å². The first kappa shape index (κ1) is 15.5. The number of hydrogen-bond donors (Lipinski definition) is 3. The van der Waals surface area contributed by atoms with Crippen molar-refractivity contribution in [1.29, 1.82) is 0 Å². The van der Waals surface area contributed by atoms with Gasteiger partial charge in [0.25, 0.3) is 0 Å². The summed E-state index contributed by atoms with van der Waals surface area (Å²) < 4.78 is 0. The lowest BCUT2D eigenvalue weighted by atomic mass is 10.1. The largest absolute Gasteiger partial charge is 0.508 e. The van der Waals surface area contributed by atoms with Crippen molar-refractivity contribution >= 4 is 17.6 Å². The van der Waals surface area contributed by atoms with Crippen LogP contribution in [0.15, 0.2) is 42.5 Å². The Kier molecular flexibility index (Phi) is 5.08. The Morgan fingerprint density at radius 2 is 1.82 bits per heavy atom. The van der Waals surface area contributed by atoms with Gasteiger partial charge in [-0.25, -0.2) is 4.98 Å². The minimum atomic E-state index is -0.746. The minimum absolute atomic E-state index is 0.192. The van der Waals surface area contributed by atoms with Gasteiger partial charge in [0.15, 0.2) is 0 Å². The monoisotopic (exact) mass is 299 g/mol. The van der Waals surface area contributed by atoms with E-state index in [0.717, 1.165) is 11.3 Å². The van der Waals surface area contributed by atoms with Crippen molar-refractivity contribution in [2.75, 3.05) is 11.9 Å². The molecule has 2 aromatic rings. The predicted molar refractivity (Wildman–Crippen MR) is 82.4 cm³/mol.